The molecule has 0 N–H and O–H groups in total. The van der Waals surface area contributed by atoms with Crippen LogP contribution >= 0.6 is 0 Å². The van der Waals surface area contributed by atoms with E-state index in [0.29, 0.717) is 23.2 Å². The molecule has 30 heavy (non-hydrogen) atoms. The molecule has 0 bridgehead atoms. The molecule has 0 aliphatic carbocycles. The van der Waals surface area contributed by atoms with Crippen molar-refractivity contribution in [3.05, 3.63) is 58.9 Å². The summed E-state index contributed by atoms with van der Waals surface area (Å²) in [5, 5.41) is 0.691. The first kappa shape index (κ1) is 20.5. The molecule has 160 valence electrons. The Balaban J connectivity index is 1.40. The van der Waals surface area contributed by atoms with Gasteiger partial charge in [0.1, 0.15) is 18.4 Å². The molecule has 3 heterocycles. The SMILES string of the molecule is Cn1c(CN2CCC(Oc3cccc4c3ccn4CC(F)(F)F)CC2)ccnc1=O. The summed E-state index contributed by atoms with van der Waals surface area (Å²) in [7, 11) is 1.71. The third-order valence-corrected chi connectivity index (χ3v) is 5.51. The summed E-state index contributed by atoms with van der Waals surface area (Å²) < 4.78 is 47.3. The van der Waals surface area contributed by atoms with Crippen LogP contribution < -0.4 is 10.4 Å². The molecule has 1 fully saturated rings. The van der Waals surface area contributed by atoms with Crippen LogP contribution in [0.15, 0.2) is 47.5 Å². The highest BCUT2D eigenvalue weighted by Crippen LogP contribution is 2.31. The monoisotopic (exact) mass is 420 g/mol. The van der Waals surface area contributed by atoms with Crippen molar-refractivity contribution in [3.8, 4) is 5.75 Å². The van der Waals surface area contributed by atoms with Crippen molar-refractivity contribution in [1.29, 1.82) is 0 Å². The second-order valence-corrected chi connectivity index (χ2v) is 7.62. The fraction of sp³-hybridized carbons (Fsp3) is 0.429. The Bertz CT molecular complexity index is 1080. The van der Waals surface area contributed by atoms with Gasteiger partial charge < -0.3 is 9.30 Å². The van der Waals surface area contributed by atoms with E-state index < -0.39 is 12.7 Å². The Morgan fingerprint density at radius 1 is 1.17 bits per heavy atom. The van der Waals surface area contributed by atoms with Gasteiger partial charge in [0, 0.05) is 50.2 Å². The number of likely N-dealkylation sites (tertiary alicyclic amines) is 1. The molecule has 2 aromatic heterocycles. The number of benzene rings is 1. The van der Waals surface area contributed by atoms with Gasteiger partial charge in [0.05, 0.1) is 5.52 Å². The molecule has 0 spiro atoms. The summed E-state index contributed by atoms with van der Waals surface area (Å²) in [6, 6.07) is 8.73. The van der Waals surface area contributed by atoms with Crippen LogP contribution in [0.1, 0.15) is 18.5 Å². The zero-order valence-electron chi connectivity index (χ0n) is 16.6. The zero-order chi connectivity index (χ0) is 21.3. The van der Waals surface area contributed by atoms with Crippen LogP contribution in [0.5, 0.6) is 5.75 Å². The molecular formula is C21H23F3N4O2. The van der Waals surface area contributed by atoms with Crippen LogP contribution in [0.4, 0.5) is 13.2 Å². The fourth-order valence-electron chi connectivity index (χ4n) is 3.89. The van der Waals surface area contributed by atoms with Gasteiger partial charge in [-0.3, -0.25) is 9.47 Å². The largest absolute Gasteiger partial charge is 0.490 e. The van der Waals surface area contributed by atoms with Crippen molar-refractivity contribution >= 4 is 10.9 Å². The summed E-state index contributed by atoms with van der Waals surface area (Å²) >= 11 is 0. The minimum Gasteiger partial charge on any atom is -0.490 e. The Labute approximate surface area is 171 Å². The Morgan fingerprint density at radius 3 is 2.67 bits per heavy atom. The molecule has 1 aliphatic rings. The first-order chi connectivity index (χ1) is 14.3. The standard InChI is InChI=1S/C21H23F3N4O2/c1-26-15(5-9-25-20(26)29)13-27-10-6-16(7-11-27)30-19-4-2-3-18-17(19)8-12-28(18)14-21(22,23)24/h2-5,8-9,12,16H,6-7,10-11,13-14H2,1H3. The van der Waals surface area contributed by atoms with Crippen LogP contribution in [0.3, 0.4) is 0 Å². The molecule has 1 aromatic carbocycles. The quantitative estimate of drug-likeness (QED) is 0.635. The van der Waals surface area contributed by atoms with Gasteiger partial charge in [-0.2, -0.15) is 13.2 Å². The fourth-order valence-corrected chi connectivity index (χ4v) is 3.89. The molecule has 0 atom stereocenters. The molecule has 1 aliphatic heterocycles. The normalized spacial score (nSPS) is 16.3. The summed E-state index contributed by atoms with van der Waals surface area (Å²) in [5.74, 6) is 0.614. The van der Waals surface area contributed by atoms with E-state index >= 15 is 0 Å². The third kappa shape index (κ3) is 4.51. The van der Waals surface area contributed by atoms with E-state index in [1.807, 2.05) is 6.07 Å². The van der Waals surface area contributed by atoms with Crippen LogP contribution in [0, 0.1) is 0 Å². The summed E-state index contributed by atoms with van der Waals surface area (Å²) in [6.45, 7) is 1.27. The molecule has 6 nitrogen and oxygen atoms in total. The van der Waals surface area contributed by atoms with E-state index in [1.165, 1.54) is 17.0 Å². The van der Waals surface area contributed by atoms with Crippen LogP contribution in [-0.2, 0) is 20.1 Å². The average Bonchev–Trinajstić information content (AvgIpc) is 3.09. The predicted octanol–water partition coefficient (Wildman–Crippen LogP) is 3.34. The summed E-state index contributed by atoms with van der Waals surface area (Å²) in [6.07, 6.45) is 0.316. The lowest BCUT2D eigenvalue weighted by Crippen LogP contribution is -2.39. The van der Waals surface area contributed by atoms with Gasteiger partial charge in [0.2, 0.25) is 0 Å². The van der Waals surface area contributed by atoms with Gasteiger partial charge in [0.15, 0.2) is 0 Å². The van der Waals surface area contributed by atoms with Crippen molar-refractivity contribution in [2.24, 2.45) is 7.05 Å². The van der Waals surface area contributed by atoms with Crippen LogP contribution in [0.25, 0.3) is 10.9 Å². The molecule has 3 aromatic rings. The maximum absolute atomic E-state index is 12.8. The Hall–Kier alpha value is -2.81. The van der Waals surface area contributed by atoms with Crippen molar-refractivity contribution < 1.29 is 17.9 Å². The van der Waals surface area contributed by atoms with E-state index in [-0.39, 0.29) is 11.8 Å². The van der Waals surface area contributed by atoms with Gasteiger partial charge in [-0.05, 0) is 37.1 Å². The molecule has 0 unspecified atom stereocenters. The van der Waals surface area contributed by atoms with Gasteiger partial charge in [-0.25, -0.2) is 9.78 Å². The highest BCUT2D eigenvalue weighted by molar-refractivity contribution is 5.86. The highest BCUT2D eigenvalue weighted by atomic mass is 19.4. The molecule has 0 saturated carbocycles. The molecule has 0 amide bonds. The number of nitrogens with zero attached hydrogens (tertiary/aromatic N) is 4. The summed E-state index contributed by atoms with van der Waals surface area (Å²) in [5.41, 5.74) is 1.15. The number of hydrogen-bond donors (Lipinski definition) is 0. The van der Waals surface area contributed by atoms with Crippen molar-refractivity contribution in [2.45, 2.75) is 38.2 Å². The van der Waals surface area contributed by atoms with Crippen molar-refractivity contribution in [1.82, 2.24) is 19.0 Å². The minimum atomic E-state index is -4.27. The van der Waals surface area contributed by atoms with E-state index in [4.69, 9.17) is 4.74 Å². The Kier molecular flexibility index (Phi) is 5.55. The third-order valence-electron chi connectivity index (χ3n) is 5.51. The number of aromatic nitrogens is 3. The summed E-state index contributed by atoms with van der Waals surface area (Å²) in [4.78, 5) is 17.7. The second-order valence-electron chi connectivity index (χ2n) is 7.62. The smallest absolute Gasteiger partial charge is 0.406 e. The van der Waals surface area contributed by atoms with Crippen LogP contribution in [0.2, 0.25) is 0 Å². The maximum Gasteiger partial charge on any atom is 0.406 e. The van der Waals surface area contributed by atoms with E-state index in [9.17, 15) is 18.0 Å². The lowest BCUT2D eigenvalue weighted by molar-refractivity contribution is -0.139. The zero-order valence-corrected chi connectivity index (χ0v) is 16.6. The first-order valence-corrected chi connectivity index (χ1v) is 9.85. The molecule has 0 radical (unpaired) electrons. The van der Waals surface area contributed by atoms with Gasteiger partial charge in [0.25, 0.3) is 0 Å². The number of alkyl halides is 3. The van der Waals surface area contributed by atoms with E-state index in [0.717, 1.165) is 31.6 Å². The van der Waals surface area contributed by atoms with Gasteiger partial charge in [-0.15, -0.1) is 0 Å². The van der Waals surface area contributed by atoms with Crippen molar-refractivity contribution in [2.75, 3.05) is 13.1 Å². The highest BCUT2D eigenvalue weighted by Gasteiger charge is 2.29. The predicted molar refractivity (Wildman–Crippen MR) is 106 cm³/mol. The first-order valence-electron chi connectivity index (χ1n) is 9.85. The lowest BCUT2D eigenvalue weighted by atomic mass is 10.1. The molecule has 1 saturated heterocycles. The van der Waals surface area contributed by atoms with Gasteiger partial charge >= 0.3 is 11.9 Å². The number of ether oxygens (including phenoxy) is 1. The van der Waals surface area contributed by atoms with Crippen LogP contribution in [-0.4, -0.2) is 44.4 Å². The number of piperidine rings is 1. The Morgan fingerprint density at radius 2 is 1.93 bits per heavy atom. The van der Waals surface area contributed by atoms with Gasteiger partial charge in [-0.1, -0.05) is 6.07 Å². The van der Waals surface area contributed by atoms with E-state index in [1.54, 1.807) is 35.9 Å². The number of hydrogen-bond acceptors (Lipinski definition) is 4. The topological polar surface area (TPSA) is 52.3 Å². The second kappa shape index (κ2) is 8.14. The number of fused-ring (bicyclic) bond motifs is 1. The van der Waals surface area contributed by atoms with E-state index in [2.05, 4.69) is 9.88 Å². The maximum atomic E-state index is 12.8. The molecule has 9 heteroatoms. The molecular weight excluding hydrogens is 397 g/mol. The average molecular weight is 420 g/mol. The number of rotatable bonds is 5. The number of halogens is 3. The van der Waals surface area contributed by atoms with Crippen molar-refractivity contribution in [3.63, 3.8) is 0 Å². The molecule has 4 rings (SSSR count). The minimum absolute atomic E-state index is 0.000856. The lowest BCUT2D eigenvalue weighted by Gasteiger charge is -2.32.